The van der Waals surface area contributed by atoms with Crippen molar-refractivity contribution in [2.24, 2.45) is 11.8 Å². The second-order valence-corrected chi connectivity index (χ2v) is 5.78. The van der Waals surface area contributed by atoms with Crippen LogP contribution in [0.25, 0.3) is 0 Å². The van der Waals surface area contributed by atoms with E-state index in [1.165, 1.54) is 19.5 Å². The van der Waals surface area contributed by atoms with Gasteiger partial charge in [-0.2, -0.15) is 0 Å². The number of hydrogen-bond acceptors (Lipinski definition) is 2. The Morgan fingerprint density at radius 2 is 1.87 bits per heavy atom. The lowest BCUT2D eigenvalue weighted by Crippen LogP contribution is -2.55. The summed E-state index contributed by atoms with van der Waals surface area (Å²) in [6.45, 7) is 15.2. The van der Waals surface area contributed by atoms with E-state index >= 15 is 0 Å². The van der Waals surface area contributed by atoms with Gasteiger partial charge in [0.1, 0.15) is 0 Å². The summed E-state index contributed by atoms with van der Waals surface area (Å²) < 4.78 is 0. The van der Waals surface area contributed by atoms with E-state index in [1.807, 2.05) is 0 Å². The van der Waals surface area contributed by atoms with E-state index in [0.717, 1.165) is 24.4 Å². The minimum atomic E-state index is 0.688. The predicted octanol–water partition coefficient (Wildman–Crippen LogP) is 2.35. The summed E-state index contributed by atoms with van der Waals surface area (Å²) >= 11 is 0. The number of piperazine rings is 1. The lowest BCUT2D eigenvalue weighted by atomic mass is 9.98. The Kier molecular flexibility index (Phi) is 5.07. The van der Waals surface area contributed by atoms with Crippen molar-refractivity contribution in [3.63, 3.8) is 0 Å². The van der Waals surface area contributed by atoms with Gasteiger partial charge in [-0.15, -0.1) is 0 Å². The average Bonchev–Trinajstić information content (AvgIpc) is 2.17. The molecule has 1 aliphatic heterocycles. The first kappa shape index (κ1) is 13.0. The third kappa shape index (κ3) is 4.12. The minimum Gasteiger partial charge on any atom is -0.311 e. The molecule has 1 aliphatic rings. The van der Waals surface area contributed by atoms with Gasteiger partial charge in [0.2, 0.25) is 0 Å². The largest absolute Gasteiger partial charge is 0.311 e. The summed E-state index contributed by atoms with van der Waals surface area (Å²) in [5.41, 5.74) is 0. The second kappa shape index (κ2) is 5.86. The highest BCUT2D eigenvalue weighted by Crippen LogP contribution is 2.15. The minimum absolute atomic E-state index is 0.688. The smallest absolute Gasteiger partial charge is 0.0218 e. The Bertz CT molecular complexity index is 177. The van der Waals surface area contributed by atoms with Gasteiger partial charge in [0.15, 0.2) is 0 Å². The van der Waals surface area contributed by atoms with Gasteiger partial charge in [-0.05, 0) is 25.2 Å². The van der Waals surface area contributed by atoms with E-state index in [1.54, 1.807) is 0 Å². The molecule has 1 N–H and O–H groups in total. The Hall–Kier alpha value is -0.0800. The van der Waals surface area contributed by atoms with Crippen LogP contribution in [0.2, 0.25) is 0 Å². The monoisotopic (exact) mass is 212 g/mol. The fourth-order valence-electron chi connectivity index (χ4n) is 2.48. The van der Waals surface area contributed by atoms with E-state index in [-0.39, 0.29) is 0 Å². The van der Waals surface area contributed by atoms with Crippen molar-refractivity contribution in [2.75, 3.05) is 19.6 Å². The Morgan fingerprint density at radius 1 is 1.20 bits per heavy atom. The molecule has 0 amide bonds. The molecule has 1 rings (SSSR count). The van der Waals surface area contributed by atoms with Crippen LogP contribution in [-0.4, -0.2) is 36.6 Å². The van der Waals surface area contributed by atoms with Gasteiger partial charge in [0.05, 0.1) is 0 Å². The van der Waals surface area contributed by atoms with Gasteiger partial charge >= 0.3 is 0 Å². The molecule has 0 aromatic heterocycles. The molecule has 90 valence electrons. The van der Waals surface area contributed by atoms with Crippen molar-refractivity contribution in [1.29, 1.82) is 0 Å². The van der Waals surface area contributed by atoms with Crippen LogP contribution in [0.5, 0.6) is 0 Å². The third-order valence-electron chi connectivity index (χ3n) is 3.48. The molecule has 2 unspecified atom stereocenters. The molecule has 0 bridgehead atoms. The van der Waals surface area contributed by atoms with E-state index < -0.39 is 0 Å². The molecule has 1 fully saturated rings. The van der Waals surface area contributed by atoms with Gasteiger partial charge < -0.3 is 5.32 Å². The first-order valence-corrected chi connectivity index (χ1v) is 6.48. The normalized spacial score (nSPS) is 26.2. The second-order valence-electron chi connectivity index (χ2n) is 5.78. The van der Waals surface area contributed by atoms with Crippen molar-refractivity contribution in [1.82, 2.24) is 10.2 Å². The van der Waals surface area contributed by atoms with Crippen molar-refractivity contribution < 1.29 is 0 Å². The van der Waals surface area contributed by atoms with Crippen LogP contribution in [0.1, 0.15) is 41.0 Å². The average molecular weight is 212 g/mol. The Balaban J connectivity index is 2.41. The molecule has 2 atom stereocenters. The molecule has 0 saturated carbocycles. The summed E-state index contributed by atoms with van der Waals surface area (Å²) in [7, 11) is 0. The van der Waals surface area contributed by atoms with Crippen molar-refractivity contribution in [3.8, 4) is 0 Å². The quantitative estimate of drug-likeness (QED) is 0.769. The van der Waals surface area contributed by atoms with Gasteiger partial charge in [-0.3, -0.25) is 4.90 Å². The topological polar surface area (TPSA) is 15.3 Å². The maximum atomic E-state index is 3.62. The highest BCUT2D eigenvalue weighted by atomic mass is 15.2. The molecule has 2 heteroatoms. The van der Waals surface area contributed by atoms with Crippen LogP contribution in [-0.2, 0) is 0 Å². The van der Waals surface area contributed by atoms with E-state index in [0.29, 0.717) is 6.04 Å². The van der Waals surface area contributed by atoms with Gasteiger partial charge in [-0.25, -0.2) is 0 Å². The highest BCUT2D eigenvalue weighted by Gasteiger charge is 2.24. The zero-order valence-corrected chi connectivity index (χ0v) is 11.1. The van der Waals surface area contributed by atoms with Crippen LogP contribution < -0.4 is 5.32 Å². The molecular formula is C13H28N2. The summed E-state index contributed by atoms with van der Waals surface area (Å²) in [6.07, 6.45) is 1.32. The van der Waals surface area contributed by atoms with Crippen LogP contribution in [0.4, 0.5) is 0 Å². The molecule has 1 saturated heterocycles. The first-order valence-electron chi connectivity index (χ1n) is 6.48. The fraction of sp³-hybridized carbons (Fsp3) is 1.00. The predicted molar refractivity (Wildman–Crippen MR) is 67.1 cm³/mol. The number of hydrogen-bond donors (Lipinski definition) is 1. The van der Waals surface area contributed by atoms with Crippen LogP contribution >= 0.6 is 0 Å². The Morgan fingerprint density at radius 3 is 2.40 bits per heavy atom. The first-order chi connectivity index (χ1) is 7.00. The highest BCUT2D eigenvalue weighted by molar-refractivity contribution is 4.83. The number of rotatable bonds is 4. The maximum Gasteiger partial charge on any atom is 0.0218 e. The lowest BCUT2D eigenvalue weighted by Gasteiger charge is -2.39. The number of nitrogens with zero attached hydrogens (tertiary/aromatic N) is 1. The molecule has 0 aliphatic carbocycles. The SMILES string of the molecule is CC(C)CC(C)N1CCNC(C(C)C)C1. The molecular weight excluding hydrogens is 184 g/mol. The number of nitrogens with one attached hydrogen (secondary N) is 1. The van der Waals surface area contributed by atoms with Crippen LogP contribution in [0, 0.1) is 11.8 Å². The van der Waals surface area contributed by atoms with Crippen LogP contribution in [0.3, 0.4) is 0 Å². The van der Waals surface area contributed by atoms with Gasteiger partial charge in [-0.1, -0.05) is 27.7 Å². The summed E-state index contributed by atoms with van der Waals surface area (Å²) in [5.74, 6) is 1.56. The van der Waals surface area contributed by atoms with E-state index in [2.05, 4.69) is 44.8 Å². The molecule has 0 aromatic rings. The summed E-state index contributed by atoms with van der Waals surface area (Å²) in [6, 6.07) is 1.43. The van der Waals surface area contributed by atoms with Gasteiger partial charge in [0.25, 0.3) is 0 Å². The van der Waals surface area contributed by atoms with E-state index in [9.17, 15) is 0 Å². The van der Waals surface area contributed by atoms with Crippen molar-refractivity contribution >= 4 is 0 Å². The third-order valence-corrected chi connectivity index (χ3v) is 3.48. The molecule has 2 nitrogen and oxygen atoms in total. The summed E-state index contributed by atoms with van der Waals surface area (Å²) in [4.78, 5) is 2.65. The zero-order valence-electron chi connectivity index (χ0n) is 11.1. The van der Waals surface area contributed by atoms with E-state index in [4.69, 9.17) is 0 Å². The fourth-order valence-corrected chi connectivity index (χ4v) is 2.48. The zero-order chi connectivity index (χ0) is 11.4. The molecule has 0 radical (unpaired) electrons. The maximum absolute atomic E-state index is 3.62. The van der Waals surface area contributed by atoms with Gasteiger partial charge in [0, 0.05) is 31.7 Å². The molecule has 0 spiro atoms. The molecule has 15 heavy (non-hydrogen) atoms. The standard InChI is InChI=1S/C13H28N2/c1-10(2)8-12(5)15-7-6-14-13(9-15)11(3)4/h10-14H,6-9H2,1-5H3. The van der Waals surface area contributed by atoms with Crippen molar-refractivity contribution in [2.45, 2.75) is 53.1 Å². The molecule has 0 aromatic carbocycles. The Labute approximate surface area is 95.4 Å². The summed E-state index contributed by atoms with van der Waals surface area (Å²) in [5, 5.41) is 3.62. The molecule has 1 heterocycles. The van der Waals surface area contributed by atoms with Crippen LogP contribution in [0.15, 0.2) is 0 Å². The van der Waals surface area contributed by atoms with Crippen molar-refractivity contribution in [3.05, 3.63) is 0 Å². The lowest BCUT2D eigenvalue weighted by molar-refractivity contribution is 0.122.